The molecule has 1 atom stereocenters. The van der Waals surface area contributed by atoms with Gasteiger partial charge in [-0.05, 0) is 41.8 Å². The first kappa shape index (κ1) is 22.0. The summed E-state index contributed by atoms with van der Waals surface area (Å²) in [7, 11) is 5.21. The van der Waals surface area contributed by atoms with Crippen LogP contribution in [0.3, 0.4) is 0 Å². The summed E-state index contributed by atoms with van der Waals surface area (Å²) in [6, 6.07) is 18.1. The van der Waals surface area contributed by atoms with E-state index in [4.69, 9.17) is 9.47 Å². The Labute approximate surface area is 189 Å². The number of fused-ring (bicyclic) bond motifs is 1. The number of amides is 1. The Morgan fingerprint density at radius 3 is 2.53 bits per heavy atom. The van der Waals surface area contributed by atoms with Crippen molar-refractivity contribution in [3.63, 3.8) is 0 Å². The summed E-state index contributed by atoms with van der Waals surface area (Å²) in [6.45, 7) is 4.75. The molecule has 1 amide bonds. The van der Waals surface area contributed by atoms with Gasteiger partial charge in [-0.15, -0.1) is 0 Å². The summed E-state index contributed by atoms with van der Waals surface area (Å²) in [5, 5.41) is 3.13. The molecule has 1 unspecified atom stereocenters. The van der Waals surface area contributed by atoms with Crippen molar-refractivity contribution >= 4 is 5.91 Å². The van der Waals surface area contributed by atoms with Crippen molar-refractivity contribution in [2.24, 2.45) is 7.05 Å². The van der Waals surface area contributed by atoms with Gasteiger partial charge in [0.05, 0.1) is 20.3 Å². The van der Waals surface area contributed by atoms with Crippen molar-refractivity contribution < 1.29 is 14.3 Å². The van der Waals surface area contributed by atoms with Crippen LogP contribution >= 0.6 is 0 Å². The number of carbonyl (C=O) groups is 1. The Morgan fingerprint density at radius 1 is 1.06 bits per heavy atom. The summed E-state index contributed by atoms with van der Waals surface area (Å²) >= 11 is 0. The first-order valence-electron chi connectivity index (χ1n) is 11.0. The van der Waals surface area contributed by atoms with Gasteiger partial charge in [0.15, 0.2) is 11.5 Å². The van der Waals surface area contributed by atoms with Gasteiger partial charge < -0.3 is 19.4 Å². The Balaban J connectivity index is 1.46. The molecule has 1 aliphatic rings. The van der Waals surface area contributed by atoms with E-state index in [0.29, 0.717) is 17.2 Å². The quantitative estimate of drug-likeness (QED) is 0.610. The predicted octanol–water partition coefficient (Wildman–Crippen LogP) is 4.09. The van der Waals surface area contributed by atoms with Crippen molar-refractivity contribution in [3.05, 3.63) is 82.7 Å². The third-order valence-corrected chi connectivity index (χ3v) is 6.24. The summed E-state index contributed by atoms with van der Waals surface area (Å²) in [5.74, 6) is 1.25. The van der Waals surface area contributed by atoms with Crippen molar-refractivity contribution in [1.29, 1.82) is 0 Å². The van der Waals surface area contributed by atoms with Crippen LogP contribution in [-0.2, 0) is 26.6 Å². The summed E-state index contributed by atoms with van der Waals surface area (Å²) in [6.07, 6.45) is 0.942. The molecule has 32 heavy (non-hydrogen) atoms. The van der Waals surface area contributed by atoms with Crippen LogP contribution < -0.4 is 14.8 Å². The maximum absolute atomic E-state index is 13.1. The lowest BCUT2D eigenvalue weighted by molar-refractivity contribution is 0.0931. The second-order valence-corrected chi connectivity index (χ2v) is 8.32. The number of ether oxygens (including phenoxy) is 2. The van der Waals surface area contributed by atoms with Crippen LogP contribution in [0.15, 0.2) is 54.6 Å². The lowest BCUT2D eigenvalue weighted by atomic mass is 10.1. The van der Waals surface area contributed by atoms with E-state index in [9.17, 15) is 4.79 Å². The van der Waals surface area contributed by atoms with Crippen LogP contribution in [0.5, 0.6) is 11.5 Å². The first-order chi connectivity index (χ1) is 15.5. The highest BCUT2D eigenvalue weighted by molar-refractivity contribution is 5.93. The lowest BCUT2D eigenvalue weighted by Crippen LogP contribution is -2.30. The molecule has 1 aromatic heterocycles. The van der Waals surface area contributed by atoms with E-state index < -0.39 is 0 Å². The largest absolute Gasteiger partial charge is 0.493 e. The van der Waals surface area contributed by atoms with E-state index in [1.807, 2.05) is 48.9 Å². The fraction of sp³-hybridized carbons (Fsp3) is 0.346. The molecule has 168 valence electrons. The number of carbonyl (C=O) groups excluding carboxylic acids is 1. The monoisotopic (exact) mass is 433 g/mol. The van der Waals surface area contributed by atoms with Gasteiger partial charge in [-0.3, -0.25) is 9.69 Å². The molecule has 0 radical (unpaired) electrons. The predicted molar refractivity (Wildman–Crippen MR) is 125 cm³/mol. The third-order valence-electron chi connectivity index (χ3n) is 6.24. The molecule has 0 spiro atoms. The molecule has 6 nitrogen and oxygen atoms in total. The molecular weight excluding hydrogens is 402 g/mol. The lowest BCUT2D eigenvalue weighted by Gasteiger charge is -2.27. The molecule has 4 rings (SSSR count). The summed E-state index contributed by atoms with van der Waals surface area (Å²) in [5.41, 5.74) is 5.46. The van der Waals surface area contributed by atoms with Gasteiger partial charge in [-0.1, -0.05) is 36.4 Å². The van der Waals surface area contributed by atoms with Crippen molar-refractivity contribution in [1.82, 2.24) is 14.8 Å². The number of rotatable bonds is 7. The maximum Gasteiger partial charge on any atom is 0.268 e. The van der Waals surface area contributed by atoms with Crippen LogP contribution in [-0.4, -0.2) is 36.1 Å². The van der Waals surface area contributed by atoms with Gasteiger partial charge in [0, 0.05) is 38.8 Å². The smallest absolute Gasteiger partial charge is 0.268 e. The summed E-state index contributed by atoms with van der Waals surface area (Å²) in [4.78, 5) is 15.6. The molecule has 3 aromatic rings. The Morgan fingerprint density at radius 2 is 1.81 bits per heavy atom. The average molecular weight is 434 g/mol. The molecule has 0 saturated carbocycles. The minimum Gasteiger partial charge on any atom is -0.493 e. The van der Waals surface area contributed by atoms with E-state index in [1.54, 1.807) is 14.2 Å². The minimum absolute atomic E-state index is 0.0706. The van der Waals surface area contributed by atoms with Gasteiger partial charge in [0.2, 0.25) is 0 Å². The SMILES string of the molecule is COc1ccc(C(C)NC(=O)c2cc3c(n2C)CCN(Cc2ccccc2)C3)cc1OC. The standard InChI is InChI=1S/C26H31N3O3/c1-18(20-10-11-24(31-3)25(15-20)32-4)27-26(30)23-14-21-17-29(13-12-22(21)28(23)2)16-19-8-6-5-7-9-19/h5-11,14-15,18H,12-13,16-17H2,1-4H3,(H,27,30). The highest BCUT2D eigenvalue weighted by atomic mass is 16.5. The number of hydrogen-bond donors (Lipinski definition) is 1. The van der Waals surface area contributed by atoms with Gasteiger partial charge >= 0.3 is 0 Å². The molecule has 1 aliphatic heterocycles. The number of nitrogens with one attached hydrogen (secondary N) is 1. The topological polar surface area (TPSA) is 55.7 Å². The zero-order chi connectivity index (χ0) is 22.7. The first-order valence-corrected chi connectivity index (χ1v) is 11.0. The zero-order valence-electron chi connectivity index (χ0n) is 19.2. The average Bonchev–Trinajstić information content (AvgIpc) is 3.15. The van der Waals surface area contributed by atoms with E-state index in [-0.39, 0.29) is 11.9 Å². The molecule has 6 heteroatoms. The van der Waals surface area contributed by atoms with Crippen LogP contribution in [0.25, 0.3) is 0 Å². The van der Waals surface area contributed by atoms with E-state index in [1.165, 1.54) is 16.8 Å². The molecule has 0 bridgehead atoms. The van der Waals surface area contributed by atoms with Gasteiger partial charge in [0.1, 0.15) is 5.69 Å². The van der Waals surface area contributed by atoms with Crippen LogP contribution in [0.2, 0.25) is 0 Å². The Kier molecular flexibility index (Phi) is 6.51. The highest BCUT2D eigenvalue weighted by Gasteiger charge is 2.24. The fourth-order valence-electron chi connectivity index (χ4n) is 4.43. The van der Waals surface area contributed by atoms with Crippen LogP contribution in [0, 0.1) is 0 Å². The van der Waals surface area contributed by atoms with Gasteiger partial charge in [-0.25, -0.2) is 0 Å². The normalized spacial score (nSPS) is 14.5. The number of nitrogens with zero attached hydrogens (tertiary/aromatic N) is 2. The molecule has 0 aliphatic carbocycles. The molecule has 2 aromatic carbocycles. The molecule has 1 N–H and O–H groups in total. The van der Waals surface area contributed by atoms with Crippen molar-refractivity contribution in [2.75, 3.05) is 20.8 Å². The van der Waals surface area contributed by atoms with Crippen molar-refractivity contribution in [2.45, 2.75) is 32.5 Å². The fourth-order valence-corrected chi connectivity index (χ4v) is 4.43. The highest BCUT2D eigenvalue weighted by Crippen LogP contribution is 2.30. The van der Waals surface area contributed by atoms with E-state index >= 15 is 0 Å². The number of methoxy groups -OCH3 is 2. The van der Waals surface area contributed by atoms with E-state index in [0.717, 1.165) is 31.6 Å². The van der Waals surface area contributed by atoms with Crippen LogP contribution in [0.4, 0.5) is 0 Å². The summed E-state index contributed by atoms with van der Waals surface area (Å²) < 4.78 is 12.8. The third kappa shape index (κ3) is 4.50. The van der Waals surface area contributed by atoms with Crippen molar-refractivity contribution in [3.8, 4) is 11.5 Å². The minimum atomic E-state index is -0.163. The number of aromatic nitrogens is 1. The van der Waals surface area contributed by atoms with Gasteiger partial charge in [0.25, 0.3) is 5.91 Å². The Bertz CT molecular complexity index is 1090. The van der Waals surface area contributed by atoms with Gasteiger partial charge in [-0.2, -0.15) is 0 Å². The Hall–Kier alpha value is -3.25. The van der Waals surface area contributed by atoms with Crippen LogP contribution in [0.1, 0.15) is 45.8 Å². The number of benzene rings is 2. The number of hydrogen-bond acceptors (Lipinski definition) is 4. The molecule has 0 fully saturated rings. The second kappa shape index (κ2) is 9.49. The molecular formula is C26H31N3O3. The maximum atomic E-state index is 13.1. The molecule has 2 heterocycles. The van der Waals surface area contributed by atoms with E-state index in [2.05, 4.69) is 34.5 Å². The molecule has 0 saturated heterocycles. The zero-order valence-corrected chi connectivity index (χ0v) is 19.2. The second-order valence-electron chi connectivity index (χ2n) is 8.32.